The molecule has 0 aliphatic rings. The highest BCUT2D eigenvalue weighted by Gasteiger charge is 2.14. The summed E-state index contributed by atoms with van der Waals surface area (Å²) in [5.74, 6) is 0.187. The van der Waals surface area contributed by atoms with Gasteiger partial charge in [0.25, 0.3) is 0 Å². The van der Waals surface area contributed by atoms with Crippen LogP contribution >= 0.6 is 0 Å². The molecular weight excluding hydrogens is 224 g/mol. The van der Waals surface area contributed by atoms with Crippen LogP contribution in [0.1, 0.15) is 30.0 Å². The van der Waals surface area contributed by atoms with Gasteiger partial charge in [0.2, 0.25) is 5.91 Å². The van der Waals surface area contributed by atoms with Crippen molar-refractivity contribution >= 4 is 5.91 Å². The van der Waals surface area contributed by atoms with Crippen LogP contribution in [0.3, 0.4) is 0 Å². The lowest BCUT2D eigenvalue weighted by Gasteiger charge is -2.14. The first-order valence-corrected chi connectivity index (χ1v) is 6.57. The third kappa shape index (κ3) is 4.15. The van der Waals surface area contributed by atoms with E-state index in [1.165, 1.54) is 11.1 Å². The van der Waals surface area contributed by atoms with Crippen LogP contribution in [0.4, 0.5) is 0 Å². The van der Waals surface area contributed by atoms with Gasteiger partial charge in [0.1, 0.15) is 0 Å². The van der Waals surface area contributed by atoms with Crippen molar-refractivity contribution in [1.29, 1.82) is 0 Å². The average molecular weight is 248 g/mol. The van der Waals surface area contributed by atoms with Crippen LogP contribution in [0, 0.1) is 19.8 Å². The van der Waals surface area contributed by atoms with E-state index in [0.717, 1.165) is 18.5 Å². The lowest BCUT2D eigenvalue weighted by molar-refractivity contribution is -0.125. The number of benzene rings is 1. The molecule has 1 aromatic carbocycles. The van der Waals surface area contributed by atoms with E-state index in [2.05, 4.69) is 42.7 Å². The SMILES string of the molecule is CCC(CNC)C(=O)NCc1ccc(C)c(C)c1. The van der Waals surface area contributed by atoms with Crippen molar-refractivity contribution in [2.24, 2.45) is 5.92 Å². The predicted octanol–water partition coefficient (Wildman–Crippen LogP) is 2.17. The molecule has 3 nitrogen and oxygen atoms in total. The fourth-order valence-electron chi connectivity index (χ4n) is 1.92. The van der Waals surface area contributed by atoms with Crippen molar-refractivity contribution in [2.45, 2.75) is 33.7 Å². The highest BCUT2D eigenvalue weighted by atomic mass is 16.1. The molecule has 1 rings (SSSR count). The zero-order chi connectivity index (χ0) is 13.5. The summed E-state index contributed by atoms with van der Waals surface area (Å²) >= 11 is 0. The Bertz CT molecular complexity index is 401. The van der Waals surface area contributed by atoms with Gasteiger partial charge in [0.05, 0.1) is 5.92 Å². The van der Waals surface area contributed by atoms with Crippen LogP contribution in [0.25, 0.3) is 0 Å². The van der Waals surface area contributed by atoms with Gasteiger partial charge in [-0.25, -0.2) is 0 Å². The van der Waals surface area contributed by atoms with Crippen LogP contribution in [-0.2, 0) is 11.3 Å². The highest BCUT2D eigenvalue weighted by Crippen LogP contribution is 2.10. The molecule has 2 N–H and O–H groups in total. The molecule has 1 atom stereocenters. The summed E-state index contributed by atoms with van der Waals surface area (Å²) in [7, 11) is 1.87. The quantitative estimate of drug-likeness (QED) is 0.810. The summed E-state index contributed by atoms with van der Waals surface area (Å²) in [5, 5.41) is 6.06. The molecule has 0 spiro atoms. The van der Waals surface area contributed by atoms with E-state index >= 15 is 0 Å². The average Bonchev–Trinajstić information content (AvgIpc) is 2.37. The van der Waals surface area contributed by atoms with Gasteiger partial charge in [-0.1, -0.05) is 25.1 Å². The van der Waals surface area contributed by atoms with Gasteiger partial charge < -0.3 is 10.6 Å². The number of carbonyl (C=O) groups excluding carboxylic acids is 1. The van der Waals surface area contributed by atoms with Crippen LogP contribution in [0.15, 0.2) is 18.2 Å². The minimum atomic E-state index is 0.0570. The molecule has 0 aliphatic carbocycles. The summed E-state index contributed by atoms with van der Waals surface area (Å²) in [6.45, 7) is 7.57. The smallest absolute Gasteiger partial charge is 0.224 e. The van der Waals surface area contributed by atoms with Gasteiger partial charge in [-0.05, 0) is 44.0 Å². The zero-order valence-corrected chi connectivity index (χ0v) is 11.8. The second-order valence-electron chi connectivity index (χ2n) is 4.80. The number of carbonyl (C=O) groups is 1. The van der Waals surface area contributed by atoms with Gasteiger partial charge in [-0.15, -0.1) is 0 Å². The van der Waals surface area contributed by atoms with Gasteiger partial charge in [-0.3, -0.25) is 4.79 Å². The minimum Gasteiger partial charge on any atom is -0.352 e. The van der Waals surface area contributed by atoms with Crippen molar-refractivity contribution in [2.75, 3.05) is 13.6 Å². The predicted molar refractivity (Wildman–Crippen MR) is 75.5 cm³/mol. The van der Waals surface area contributed by atoms with E-state index in [9.17, 15) is 4.79 Å². The molecule has 0 radical (unpaired) electrons. The van der Waals surface area contributed by atoms with Crippen molar-refractivity contribution in [3.05, 3.63) is 34.9 Å². The summed E-state index contributed by atoms with van der Waals surface area (Å²) in [4.78, 5) is 11.9. The van der Waals surface area contributed by atoms with E-state index < -0.39 is 0 Å². The number of amides is 1. The Morgan fingerprint density at radius 2 is 2.00 bits per heavy atom. The topological polar surface area (TPSA) is 41.1 Å². The van der Waals surface area contributed by atoms with Gasteiger partial charge in [0.15, 0.2) is 0 Å². The lowest BCUT2D eigenvalue weighted by Crippen LogP contribution is -2.35. The van der Waals surface area contributed by atoms with Gasteiger partial charge in [0, 0.05) is 13.1 Å². The maximum Gasteiger partial charge on any atom is 0.224 e. The van der Waals surface area contributed by atoms with Crippen molar-refractivity contribution in [3.8, 4) is 0 Å². The Labute approximate surface area is 110 Å². The first kappa shape index (κ1) is 14.7. The zero-order valence-electron chi connectivity index (χ0n) is 11.8. The maximum atomic E-state index is 11.9. The third-order valence-corrected chi connectivity index (χ3v) is 3.35. The molecule has 0 bridgehead atoms. The van der Waals surface area contributed by atoms with E-state index in [0.29, 0.717) is 6.54 Å². The molecule has 100 valence electrons. The van der Waals surface area contributed by atoms with E-state index in [1.54, 1.807) is 0 Å². The van der Waals surface area contributed by atoms with Crippen LogP contribution in [-0.4, -0.2) is 19.5 Å². The molecular formula is C15H24N2O. The van der Waals surface area contributed by atoms with Gasteiger partial charge in [-0.2, -0.15) is 0 Å². The number of nitrogens with one attached hydrogen (secondary N) is 2. The fourth-order valence-corrected chi connectivity index (χ4v) is 1.92. The molecule has 3 heteroatoms. The molecule has 0 saturated heterocycles. The van der Waals surface area contributed by atoms with E-state index in [-0.39, 0.29) is 11.8 Å². The first-order chi connectivity index (χ1) is 8.58. The normalized spacial score (nSPS) is 12.2. The van der Waals surface area contributed by atoms with Crippen LogP contribution in [0.5, 0.6) is 0 Å². The van der Waals surface area contributed by atoms with Gasteiger partial charge >= 0.3 is 0 Å². The summed E-state index contributed by atoms with van der Waals surface area (Å²) in [6.07, 6.45) is 0.861. The van der Waals surface area contributed by atoms with Crippen molar-refractivity contribution < 1.29 is 4.79 Å². The minimum absolute atomic E-state index is 0.0570. The molecule has 0 aromatic heterocycles. The number of rotatable bonds is 6. The summed E-state index contributed by atoms with van der Waals surface area (Å²) in [5.41, 5.74) is 3.71. The number of hydrogen-bond donors (Lipinski definition) is 2. The molecule has 1 amide bonds. The molecule has 18 heavy (non-hydrogen) atoms. The number of aryl methyl sites for hydroxylation is 2. The molecule has 0 fully saturated rings. The Morgan fingerprint density at radius 3 is 2.56 bits per heavy atom. The van der Waals surface area contributed by atoms with E-state index in [4.69, 9.17) is 0 Å². The van der Waals surface area contributed by atoms with E-state index in [1.807, 2.05) is 14.0 Å². The third-order valence-electron chi connectivity index (χ3n) is 3.35. The van der Waals surface area contributed by atoms with Crippen LogP contribution < -0.4 is 10.6 Å². The van der Waals surface area contributed by atoms with Crippen molar-refractivity contribution in [3.63, 3.8) is 0 Å². The largest absolute Gasteiger partial charge is 0.352 e. The lowest BCUT2D eigenvalue weighted by atomic mass is 10.0. The summed E-state index contributed by atoms with van der Waals surface area (Å²) in [6, 6.07) is 6.30. The molecule has 1 aromatic rings. The molecule has 0 saturated carbocycles. The standard InChI is InChI=1S/C15H24N2O/c1-5-14(10-16-4)15(18)17-9-13-7-6-11(2)12(3)8-13/h6-8,14,16H,5,9-10H2,1-4H3,(H,17,18). The highest BCUT2D eigenvalue weighted by molar-refractivity contribution is 5.78. The fraction of sp³-hybridized carbons (Fsp3) is 0.533. The Hall–Kier alpha value is -1.35. The molecule has 1 unspecified atom stereocenters. The second-order valence-corrected chi connectivity index (χ2v) is 4.80. The first-order valence-electron chi connectivity index (χ1n) is 6.57. The second kappa shape index (κ2) is 7.17. The Kier molecular flexibility index (Phi) is 5.86. The monoisotopic (exact) mass is 248 g/mol. The van der Waals surface area contributed by atoms with Crippen LogP contribution in [0.2, 0.25) is 0 Å². The summed E-state index contributed by atoms with van der Waals surface area (Å²) < 4.78 is 0. The number of hydrogen-bond acceptors (Lipinski definition) is 2. The Morgan fingerprint density at radius 1 is 1.28 bits per heavy atom. The molecule has 0 aliphatic heterocycles. The molecule has 0 heterocycles. The maximum absolute atomic E-state index is 11.9. The Balaban J connectivity index is 2.53. The van der Waals surface area contributed by atoms with Crippen molar-refractivity contribution in [1.82, 2.24) is 10.6 Å².